The minimum atomic E-state index is -0.680. The van der Waals surface area contributed by atoms with E-state index < -0.39 is 6.10 Å². The maximum atomic E-state index is 11.5. The molecule has 0 amide bonds. The first-order valence-corrected chi connectivity index (χ1v) is 10.6. The van der Waals surface area contributed by atoms with Gasteiger partial charge in [0, 0.05) is 25.2 Å². The summed E-state index contributed by atoms with van der Waals surface area (Å²) in [6.07, 6.45) is -0.660. The number of anilines is 1. The largest absolute Gasteiger partial charge is 0.493 e. The molecule has 31 heavy (non-hydrogen) atoms. The quantitative estimate of drug-likeness (QED) is 0.584. The van der Waals surface area contributed by atoms with E-state index in [9.17, 15) is 9.90 Å². The van der Waals surface area contributed by atoms with Gasteiger partial charge in [0.25, 0.3) is 0 Å². The van der Waals surface area contributed by atoms with Crippen LogP contribution in [0.5, 0.6) is 17.2 Å². The second kappa shape index (κ2) is 10.5. The van der Waals surface area contributed by atoms with Crippen molar-refractivity contribution in [2.45, 2.75) is 26.1 Å². The van der Waals surface area contributed by atoms with Gasteiger partial charge in [-0.05, 0) is 51.2 Å². The van der Waals surface area contributed by atoms with Crippen LogP contribution in [0.25, 0.3) is 0 Å². The number of benzene rings is 2. The first-order valence-electron chi connectivity index (χ1n) is 10.6. The third kappa shape index (κ3) is 5.89. The summed E-state index contributed by atoms with van der Waals surface area (Å²) in [4.78, 5) is 15.9. The van der Waals surface area contributed by atoms with Crippen molar-refractivity contribution in [2.75, 3.05) is 51.8 Å². The number of likely N-dealkylation sites (N-methyl/N-ethyl adjacent to an activating group) is 2. The number of aliphatic hydroxyl groups excluding tert-OH is 1. The molecule has 1 aliphatic heterocycles. The van der Waals surface area contributed by atoms with E-state index in [4.69, 9.17) is 14.2 Å². The number of carbonyl (C=O) groups is 1. The van der Waals surface area contributed by atoms with E-state index in [2.05, 4.69) is 22.8 Å². The summed E-state index contributed by atoms with van der Waals surface area (Å²) in [5.74, 6) is 1.84. The number of rotatable bonds is 10. The van der Waals surface area contributed by atoms with E-state index in [-0.39, 0.29) is 18.5 Å². The minimum absolute atomic E-state index is 0.0205. The molecular formula is C24H32N2O5. The maximum absolute atomic E-state index is 11.5. The maximum Gasteiger partial charge on any atom is 0.161 e. The number of ketones is 1. The molecule has 0 unspecified atom stereocenters. The minimum Gasteiger partial charge on any atom is -0.493 e. The van der Waals surface area contributed by atoms with E-state index in [1.54, 1.807) is 18.2 Å². The summed E-state index contributed by atoms with van der Waals surface area (Å²) in [5, 5.41) is 10.5. The number of para-hydroxylation sites is 2. The highest BCUT2D eigenvalue weighted by Crippen LogP contribution is 2.33. The van der Waals surface area contributed by atoms with E-state index in [1.807, 2.05) is 25.2 Å². The standard InChI is InChI=1S/C24H32N2O5/c1-5-26-15-20(31-22-9-7-6-8-21(22)26)14-25(3)13-19(28)16-30-23-11-10-18(17(2)27)12-24(23)29-4/h6-12,19-20,28H,5,13-16H2,1-4H3/t19-,20-/m1/s1. The Hall–Kier alpha value is -2.77. The predicted molar refractivity (Wildman–Crippen MR) is 121 cm³/mol. The van der Waals surface area contributed by atoms with E-state index in [0.717, 1.165) is 24.5 Å². The normalized spacial score (nSPS) is 16.5. The second-order valence-electron chi connectivity index (χ2n) is 7.85. The molecule has 3 rings (SSSR count). The number of fused-ring (bicyclic) bond motifs is 1. The van der Waals surface area contributed by atoms with Gasteiger partial charge < -0.3 is 24.2 Å². The number of ether oxygens (including phenoxy) is 3. The van der Waals surface area contributed by atoms with E-state index >= 15 is 0 Å². The summed E-state index contributed by atoms with van der Waals surface area (Å²) >= 11 is 0. The van der Waals surface area contributed by atoms with Crippen molar-refractivity contribution in [2.24, 2.45) is 0 Å². The highest BCUT2D eigenvalue weighted by Gasteiger charge is 2.26. The average molecular weight is 429 g/mol. The van der Waals surface area contributed by atoms with Gasteiger partial charge in [0.05, 0.1) is 19.3 Å². The van der Waals surface area contributed by atoms with Crippen LogP contribution in [0.3, 0.4) is 0 Å². The van der Waals surface area contributed by atoms with Gasteiger partial charge in [0.2, 0.25) is 0 Å². The molecule has 2 aromatic rings. The Bertz CT molecular complexity index is 888. The van der Waals surface area contributed by atoms with Crippen molar-refractivity contribution in [3.8, 4) is 17.2 Å². The molecule has 7 heteroatoms. The summed E-state index contributed by atoms with van der Waals surface area (Å²) in [6, 6.07) is 13.1. The number of hydrogen-bond acceptors (Lipinski definition) is 7. The van der Waals surface area contributed by atoms with Crippen LogP contribution in [0, 0.1) is 0 Å². The zero-order chi connectivity index (χ0) is 22.4. The molecule has 0 aliphatic carbocycles. The number of carbonyl (C=O) groups excluding carboxylic acids is 1. The lowest BCUT2D eigenvalue weighted by atomic mass is 10.1. The Labute approximate surface area is 184 Å². The lowest BCUT2D eigenvalue weighted by molar-refractivity contribution is 0.0598. The molecule has 2 aromatic carbocycles. The lowest BCUT2D eigenvalue weighted by Gasteiger charge is -2.37. The molecule has 1 aliphatic rings. The van der Waals surface area contributed by atoms with Gasteiger partial charge in [-0.2, -0.15) is 0 Å². The average Bonchev–Trinajstić information content (AvgIpc) is 2.76. The molecule has 1 heterocycles. The van der Waals surface area contributed by atoms with Crippen LogP contribution in [0.2, 0.25) is 0 Å². The zero-order valence-corrected chi connectivity index (χ0v) is 18.7. The topological polar surface area (TPSA) is 71.5 Å². The molecule has 0 fully saturated rings. The van der Waals surface area contributed by atoms with Gasteiger partial charge in [0.15, 0.2) is 17.3 Å². The van der Waals surface area contributed by atoms with Gasteiger partial charge in [-0.1, -0.05) is 12.1 Å². The van der Waals surface area contributed by atoms with Gasteiger partial charge in [-0.25, -0.2) is 0 Å². The first kappa shape index (κ1) is 22.9. The third-order valence-corrected chi connectivity index (χ3v) is 5.34. The number of hydrogen-bond donors (Lipinski definition) is 1. The Kier molecular flexibility index (Phi) is 7.76. The van der Waals surface area contributed by atoms with Gasteiger partial charge >= 0.3 is 0 Å². The molecule has 0 aromatic heterocycles. The Balaban J connectivity index is 1.51. The molecule has 0 saturated heterocycles. The number of nitrogens with zero attached hydrogens (tertiary/aromatic N) is 2. The first-order chi connectivity index (χ1) is 14.9. The van der Waals surface area contributed by atoms with Crippen molar-refractivity contribution < 1.29 is 24.1 Å². The fourth-order valence-corrected chi connectivity index (χ4v) is 3.80. The van der Waals surface area contributed by atoms with Crippen LogP contribution in [0.15, 0.2) is 42.5 Å². The van der Waals surface area contributed by atoms with Crippen molar-refractivity contribution in [3.05, 3.63) is 48.0 Å². The Morgan fingerprint density at radius 1 is 1.29 bits per heavy atom. The highest BCUT2D eigenvalue weighted by atomic mass is 16.5. The lowest BCUT2D eigenvalue weighted by Crippen LogP contribution is -2.47. The molecule has 0 spiro atoms. The van der Waals surface area contributed by atoms with Crippen LogP contribution >= 0.6 is 0 Å². The van der Waals surface area contributed by atoms with Crippen LogP contribution < -0.4 is 19.1 Å². The van der Waals surface area contributed by atoms with Crippen LogP contribution in [-0.2, 0) is 0 Å². The van der Waals surface area contributed by atoms with Crippen LogP contribution in [0.1, 0.15) is 24.2 Å². The Morgan fingerprint density at radius 3 is 2.77 bits per heavy atom. The van der Waals surface area contributed by atoms with Crippen molar-refractivity contribution in [1.82, 2.24) is 4.90 Å². The second-order valence-corrected chi connectivity index (χ2v) is 7.85. The summed E-state index contributed by atoms with van der Waals surface area (Å²) in [6.45, 7) is 6.63. The predicted octanol–water partition coefficient (Wildman–Crippen LogP) is 2.86. The molecule has 7 nitrogen and oxygen atoms in total. The summed E-state index contributed by atoms with van der Waals surface area (Å²) in [5.41, 5.74) is 1.68. The zero-order valence-electron chi connectivity index (χ0n) is 18.7. The fraction of sp³-hybridized carbons (Fsp3) is 0.458. The van der Waals surface area contributed by atoms with Crippen molar-refractivity contribution >= 4 is 11.5 Å². The van der Waals surface area contributed by atoms with E-state index in [0.29, 0.717) is 30.2 Å². The van der Waals surface area contributed by atoms with Crippen LogP contribution in [0.4, 0.5) is 5.69 Å². The fourth-order valence-electron chi connectivity index (χ4n) is 3.80. The molecule has 1 N–H and O–H groups in total. The van der Waals surface area contributed by atoms with Gasteiger partial charge in [-0.15, -0.1) is 0 Å². The van der Waals surface area contributed by atoms with Gasteiger partial charge in [0.1, 0.15) is 24.6 Å². The Morgan fingerprint density at radius 2 is 2.06 bits per heavy atom. The van der Waals surface area contributed by atoms with Crippen molar-refractivity contribution in [3.63, 3.8) is 0 Å². The molecule has 0 radical (unpaired) electrons. The monoisotopic (exact) mass is 428 g/mol. The number of Topliss-reactive ketones (excluding diaryl/α,β-unsaturated/α-hetero) is 1. The smallest absolute Gasteiger partial charge is 0.161 e. The molecule has 168 valence electrons. The SMILES string of the molecule is CCN1C[C@@H](CN(C)C[C@@H](O)COc2ccc(C(C)=O)cc2OC)Oc2ccccc21. The summed E-state index contributed by atoms with van der Waals surface area (Å²) in [7, 11) is 3.49. The molecule has 0 saturated carbocycles. The van der Waals surface area contributed by atoms with Crippen molar-refractivity contribution in [1.29, 1.82) is 0 Å². The molecule has 0 bridgehead atoms. The summed E-state index contributed by atoms with van der Waals surface area (Å²) < 4.78 is 17.2. The third-order valence-electron chi connectivity index (χ3n) is 5.34. The number of methoxy groups -OCH3 is 1. The van der Waals surface area contributed by atoms with E-state index in [1.165, 1.54) is 14.0 Å². The highest BCUT2D eigenvalue weighted by molar-refractivity contribution is 5.94. The van der Waals surface area contributed by atoms with Crippen LogP contribution in [-0.4, -0.2) is 74.9 Å². The van der Waals surface area contributed by atoms with Gasteiger partial charge in [-0.3, -0.25) is 9.69 Å². The molecular weight excluding hydrogens is 396 g/mol. The number of aliphatic hydroxyl groups is 1. The molecule has 2 atom stereocenters.